The van der Waals surface area contributed by atoms with Crippen LogP contribution in [-0.4, -0.2) is 11.5 Å². The van der Waals surface area contributed by atoms with Crippen LogP contribution in [0.2, 0.25) is 5.02 Å². The lowest BCUT2D eigenvalue weighted by Crippen LogP contribution is -2.14. The van der Waals surface area contributed by atoms with E-state index < -0.39 is 17.5 Å². The molecule has 0 aliphatic carbocycles. The SMILES string of the molecule is O=C(CSc1cccc(Cl)c1)c1ccccc1C(F)(F)F. The molecular weight excluding hydrogens is 321 g/mol. The highest BCUT2D eigenvalue weighted by molar-refractivity contribution is 8.00. The number of carbonyl (C=O) groups excluding carboxylic acids is 1. The highest BCUT2D eigenvalue weighted by atomic mass is 35.5. The molecule has 0 aliphatic rings. The zero-order valence-electron chi connectivity index (χ0n) is 10.7. The number of hydrogen-bond donors (Lipinski definition) is 0. The number of rotatable bonds is 4. The lowest BCUT2D eigenvalue weighted by atomic mass is 10.0. The van der Waals surface area contributed by atoms with Gasteiger partial charge in [-0.25, -0.2) is 0 Å². The van der Waals surface area contributed by atoms with Crippen molar-refractivity contribution in [3.05, 3.63) is 64.7 Å². The second-order valence-corrected chi connectivity index (χ2v) is 5.70. The van der Waals surface area contributed by atoms with Crippen LogP contribution in [0.25, 0.3) is 0 Å². The quantitative estimate of drug-likeness (QED) is 0.556. The summed E-state index contributed by atoms with van der Waals surface area (Å²) in [5.74, 6) is -0.638. The van der Waals surface area contributed by atoms with Gasteiger partial charge in [0.15, 0.2) is 5.78 Å². The van der Waals surface area contributed by atoms with Gasteiger partial charge in [0, 0.05) is 15.5 Å². The Bertz CT molecular complexity index is 655. The summed E-state index contributed by atoms with van der Waals surface area (Å²) >= 11 is 6.97. The molecule has 0 saturated heterocycles. The smallest absolute Gasteiger partial charge is 0.293 e. The molecule has 2 aromatic rings. The van der Waals surface area contributed by atoms with Crippen molar-refractivity contribution in [2.45, 2.75) is 11.1 Å². The molecule has 0 bridgehead atoms. The zero-order chi connectivity index (χ0) is 15.5. The molecule has 0 atom stereocenters. The number of Topliss-reactive ketones (excluding diaryl/α,β-unsaturated/α-hetero) is 1. The predicted octanol–water partition coefficient (Wildman–Crippen LogP) is 5.33. The third-order valence-corrected chi connectivity index (χ3v) is 3.93. The predicted molar refractivity (Wildman–Crippen MR) is 78.0 cm³/mol. The molecule has 0 aliphatic heterocycles. The average molecular weight is 331 g/mol. The number of thioether (sulfide) groups is 1. The number of halogens is 4. The van der Waals surface area contributed by atoms with E-state index in [0.717, 1.165) is 22.7 Å². The summed E-state index contributed by atoms with van der Waals surface area (Å²) in [5.41, 5.74) is -1.21. The third kappa shape index (κ3) is 4.25. The largest absolute Gasteiger partial charge is 0.417 e. The molecule has 21 heavy (non-hydrogen) atoms. The molecule has 2 aromatic carbocycles. The van der Waals surface area contributed by atoms with Crippen LogP contribution in [-0.2, 0) is 6.18 Å². The Labute approximate surface area is 129 Å². The number of carbonyl (C=O) groups is 1. The van der Waals surface area contributed by atoms with Crippen molar-refractivity contribution in [3.8, 4) is 0 Å². The van der Waals surface area contributed by atoms with Gasteiger partial charge in [-0.1, -0.05) is 35.9 Å². The fourth-order valence-corrected chi connectivity index (χ4v) is 2.85. The van der Waals surface area contributed by atoms with E-state index in [-0.39, 0.29) is 11.3 Å². The molecule has 1 nitrogen and oxygen atoms in total. The molecule has 0 unspecified atom stereocenters. The number of hydrogen-bond acceptors (Lipinski definition) is 2. The Hall–Kier alpha value is -1.46. The first-order chi connectivity index (χ1) is 9.88. The van der Waals surface area contributed by atoms with Crippen molar-refractivity contribution < 1.29 is 18.0 Å². The summed E-state index contributed by atoms with van der Waals surface area (Å²) < 4.78 is 38.5. The number of ketones is 1. The normalized spacial score (nSPS) is 11.4. The van der Waals surface area contributed by atoms with Crippen LogP contribution in [0, 0.1) is 0 Å². The van der Waals surface area contributed by atoms with Crippen molar-refractivity contribution in [1.29, 1.82) is 0 Å². The van der Waals surface area contributed by atoms with Crippen LogP contribution in [0.4, 0.5) is 13.2 Å². The van der Waals surface area contributed by atoms with Crippen molar-refractivity contribution in [2.24, 2.45) is 0 Å². The maximum atomic E-state index is 12.8. The second kappa shape index (κ2) is 6.54. The third-order valence-electron chi connectivity index (χ3n) is 2.70. The monoisotopic (exact) mass is 330 g/mol. The topological polar surface area (TPSA) is 17.1 Å². The van der Waals surface area contributed by atoms with E-state index in [1.165, 1.54) is 18.2 Å². The van der Waals surface area contributed by atoms with E-state index in [1.54, 1.807) is 24.3 Å². The summed E-state index contributed by atoms with van der Waals surface area (Å²) in [6.45, 7) is 0. The van der Waals surface area contributed by atoms with Crippen LogP contribution in [0.5, 0.6) is 0 Å². The summed E-state index contributed by atoms with van der Waals surface area (Å²) in [4.78, 5) is 12.8. The van der Waals surface area contributed by atoms with Crippen molar-refractivity contribution in [3.63, 3.8) is 0 Å². The first-order valence-corrected chi connectivity index (χ1v) is 7.32. The van der Waals surface area contributed by atoms with E-state index in [0.29, 0.717) is 5.02 Å². The lowest BCUT2D eigenvalue weighted by Gasteiger charge is -2.11. The summed E-state index contributed by atoms with van der Waals surface area (Å²) in [7, 11) is 0. The Morgan fingerprint density at radius 2 is 1.81 bits per heavy atom. The van der Waals surface area contributed by atoms with Gasteiger partial charge in [0.25, 0.3) is 0 Å². The molecule has 0 fully saturated rings. The van der Waals surface area contributed by atoms with Gasteiger partial charge in [-0.2, -0.15) is 13.2 Å². The van der Waals surface area contributed by atoms with E-state index in [1.807, 2.05) is 0 Å². The molecule has 110 valence electrons. The van der Waals surface area contributed by atoms with E-state index in [9.17, 15) is 18.0 Å². The zero-order valence-corrected chi connectivity index (χ0v) is 12.2. The molecule has 0 heterocycles. The van der Waals surface area contributed by atoms with Crippen molar-refractivity contribution in [1.82, 2.24) is 0 Å². The van der Waals surface area contributed by atoms with E-state index in [4.69, 9.17) is 11.6 Å². The van der Waals surface area contributed by atoms with E-state index >= 15 is 0 Å². The van der Waals surface area contributed by atoms with Gasteiger partial charge in [-0.05, 0) is 24.3 Å². The molecule has 2 rings (SSSR count). The van der Waals surface area contributed by atoms with Crippen LogP contribution < -0.4 is 0 Å². The Kier molecular flexibility index (Phi) is 4.96. The minimum Gasteiger partial charge on any atom is -0.293 e. The Morgan fingerprint density at radius 1 is 1.10 bits per heavy atom. The number of alkyl halides is 3. The van der Waals surface area contributed by atoms with Gasteiger partial charge < -0.3 is 0 Å². The van der Waals surface area contributed by atoms with Crippen LogP contribution in [0.3, 0.4) is 0 Å². The minimum atomic E-state index is -4.53. The standard InChI is InChI=1S/C15H10ClF3OS/c16-10-4-3-5-11(8-10)21-9-14(20)12-6-1-2-7-13(12)15(17,18)19/h1-8H,9H2. The Morgan fingerprint density at radius 3 is 2.48 bits per heavy atom. The maximum absolute atomic E-state index is 12.8. The Balaban J connectivity index is 2.14. The van der Waals surface area contributed by atoms with Crippen LogP contribution >= 0.6 is 23.4 Å². The van der Waals surface area contributed by atoms with E-state index in [2.05, 4.69) is 0 Å². The fourth-order valence-electron chi connectivity index (χ4n) is 1.76. The molecular formula is C15H10ClF3OS. The van der Waals surface area contributed by atoms with Gasteiger partial charge in [0.1, 0.15) is 0 Å². The maximum Gasteiger partial charge on any atom is 0.417 e. The summed E-state index contributed by atoms with van der Waals surface area (Å²) in [6, 6.07) is 11.6. The molecule has 0 aromatic heterocycles. The van der Waals surface area contributed by atoms with Crippen LogP contribution in [0.15, 0.2) is 53.4 Å². The van der Waals surface area contributed by atoms with Crippen molar-refractivity contribution >= 4 is 29.1 Å². The molecule has 6 heteroatoms. The highest BCUT2D eigenvalue weighted by Crippen LogP contribution is 2.33. The fraction of sp³-hybridized carbons (Fsp3) is 0.133. The first-order valence-electron chi connectivity index (χ1n) is 5.96. The van der Waals surface area contributed by atoms with Crippen LogP contribution in [0.1, 0.15) is 15.9 Å². The first kappa shape index (κ1) is 15.9. The molecule has 0 amide bonds. The van der Waals surface area contributed by atoms with Gasteiger partial charge in [-0.15, -0.1) is 11.8 Å². The van der Waals surface area contributed by atoms with Gasteiger partial charge in [0.2, 0.25) is 0 Å². The van der Waals surface area contributed by atoms with Gasteiger partial charge >= 0.3 is 6.18 Å². The number of benzene rings is 2. The molecule has 0 saturated carbocycles. The summed E-state index contributed by atoms with van der Waals surface area (Å²) in [5, 5.41) is 0.517. The lowest BCUT2D eigenvalue weighted by molar-refractivity contribution is -0.137. The summed E-state index contributed by atoms with van der Waals surface area (Å²) in [6.07, 6.45) is -4.53. The second-order valence-electron chi connectivity index (χ2n) is 4.21. The van der Waals surface area contributed by atoms with Gasteiger partial charge in [-0.3, -0.25) is 4.79 Å². The average Bonchev–Trinajstić information content (AvgIpc) is 2.44. The van der Waals surface area contributed by atoms with Crippen molar-refractivity contribution in [2.75, 3.05) is 5.75 Å². The molecule has 0 radical (unpaired) electrons. The van der Waals surface area contributed by atoms with Gasteiger partial charge in [0.05, 0.1) is 11.3 Å². The minimum absolute atomic E-state index is 0.0760. The molecule has 0 N–H and O–H groups in total. The molecule has 0 spiro atoms. The highest BCUT2D eigenvalue weighted by Gasteiger charge is 2.34.